The fraction of sp³-hybridized carbons (Fsp3) is 0.522. The number of benzene rings is 1. The molecule has 2 aromatic rings. The van der Waals surface area contributed by atoms with Crippen LogP contribution in [0, 0.1) is 0 Å². The summed E-state index contributed by atoms with van der Waals surface area (Å²) in [5.74, 6) is 0.802. The molecule has 1 aromatic heterocycles. The third-order valence-corrected chi connectivity index (χ3v) is 7.24. The van der Waals surface area contributed by atoms with E-state index in [4.69, 9.17) is 16.6 Å². The highest BCUT2D eigenvalue weighted by Crippen LogP contribution is 2.34. The van der Waals surface area contributed by atoms with Crippen molar-refractivity contribution in [2.45, 2.75) is 50.7 Å². The number of hydrogen-bond donors (Lipinski definition) is 1. The van der Waals surface area contributed by atoms with Crippen molar-refractivity contribution in [2.75, 3.05) is 26.2 Å². The van der Waals surface area contributed by atoms with E-state index in [1.807, 2.05) is 24.3 Å². The number of aryl methyl sites for hydroxylation is 1. The Morgan fingerprint density at radius 2 is 1.61 bits per heavy atom. The normalized spacial score (nSPS) is 20.2. The zero-order valence-corrected chi connectivity index (χ0v) is 18.3. The summed E-state index contributed by atoms with van der Waals surface area (Å²) in [5, 5.41) is 11.0. The Morgan fingerprint density at radius 1 is 0.935 bits per heavy atom. The van der Waals surface area contributed by atoms with Crippen molar-refractivity contribution in [3.63, 3.8) is 0 Å². The maximum Gasteiger partial charge on any atom is 0.254 e. The van der Waals surface area contributed by atoms with Crippen LogP contribution in [0.3, 0.4) is 0 Å². The topological polar surface area (TPSA) is 78.7 Å². The van der Waals surface area contributed by atoms with Crippen LogP contribution in [0.2, 0.25) is 5.15 Å². The third-order valence-electron chi connectivity index (χ3n) is 6.86. The average molecular weight is 443 g/mol. The second kappa shape index (κ2) is 7.95. The molecule has 0 unspecified atom stereocenters. The van der Waals surface area contributed by atoms with E-state index in [1.165, 1.54) is 0 Å². The Balaban J connectivity index is 1.24. The SMILES string of the molecule is O=C(c1ccc(-c2nc3n(c2Cl)CCCC3)cc1)N1CCN(C(=O)C2(O)CCC2)CC1. The highest BCUT2D eigenvalue weighted by atomic mass is 35.5. The largest absolute Gasteiger partial charge is 0.380 e. The van der Waals surface area contributed by atoms with Gasteiger partial charge in [0.15, 0.2) is 0 Å². The number of fused-ring (bicyclic) bond motifs is 1. The summed E-state index contributed by atoms with van der Waals surface area (Å²) < 4.78 is 2.08. The van der Waals surface area contributed by atoms with Gasteiger partial charge in [0.05, 0.1) is 0 Å². The van der Waals surface area contributed by atoms with Crippen LogP contribution >= 0.6 is 11.6 Å². The van der Waals surface area contributed by atoms with Crippen LogP contribution < -0.4 is 0 Å². The smallest absolute Gasteiger partial charge is 0.254 e. The molecule has 2 aliphatic heterocycles. The highest BCUT2D eigenvalue weighted by molar-refractivity contribution is 6.32. The van der Waals surface area contributed by atoms with Crippen molar-refractivity contribution >= 4 is 23.4 Å². The van der Waals surface area contributed by atoms with Crippen molar-refractivity contribution in [3.05, 3.63) is 40.8 Å². The van der Waals surface area contributed by atoms with E-state index in [0.29, 0.717) is 49.7 Å². The van der Waals surface area contributed by atoms with Crippen LogP contribution in [0.4, 0.5) is 0 Å². The molecule has 0 bridgehead atoms. The van der Waals surface area contributed by atoms with Gasteiger partial charge < -0.3 is 19.5 Å². The first-order valence-electron chi connectivity index (χ1n) is 11.1. The van der Waals surface area contributed by atoms with Crippen LogP contribution in [0.1, 0.15) is 48.3 Å². The Hall–Kier alpha value is -2.38. The van der Waals surface area contributed by atoms with Gasteiger partial charge in [-0.05, 0) is 44.2 Å². The molecule has 1 saturated heterocycles. The van der Waals surface area contributed by atoms with Gasteiger partial charge in [0.25, 0.3) is 11.8 Å². The molecule has 164 valence electrons. The lowest BCUT2D eigenvalue weighted by atomic mass is 9.79. The number of hydrogen-bond acceptors (Lipinski definition) is 4. The lowest BCUT2D eigenvalue weighted by Crippen LogP contribution is -2.58. The molecular formula is C23H27ClN4O3. The molecular weight excluding hydrogens is 416 g/mol. The minimum absolute atomic E-state index is 0.0452. The molecule has 2 amide bonds. The summed E-state index contributed by atoms with van der Waals surface area (Å²) in [6.07, 6.45) is 5.18. The Kier molecular flexibility index (Phi) is 5.26. The highest BCUT2D eigenvalue weighted by Gasteiger charge is 2.45. The van der Waals surface area contributed by atoms with Crippen LogP contribution in [-0.2, 0) is 17.8 Å². The summed E-state index contributed by atoms with van der Waals surface area (Å²) in [5.41, 5.74) is 1.13. The number of carbonyl (C=O) groups excluding carboxylic acids is 2. The van der Waals surface area contributed by atoms with Crippen LogP contribution in [0.25, 0.3) is 11.3 Å². The lowest BCUT2D eigenvalue weighted by Gasteiger charge is -2.42. The number of imidazole rings is 1. The van der Waals surface area contributed by atoms with Crippen molar-refractivity contribution in [1.29, 1.82) is 0 Å². The molecule has 0 atom stereocenters. The lowest BCUT2D eigenvalue weighted by molar-refractivity contribution is -0.161. The summed E-state index contributed by atoms with van der Waals surface area (Å²) >= 11 is 6.56. The summed E-state index contributed by atoms with van der Waals surface area (Å²) in [7, 11) is 0. The van der Waals surface area contributed by atoms with Crippen molar-refractivity contribution < 1.29 is 14.7 Å². The molecule has 31 heavy (non-hydrogen) atoms. The van der Waals surface area contributed by atoms with E-state index in [2.05, 4.69) is 4.57 Å². The number of aromatic nitrogens is 2. The fourth-order valence-corrected chi connectivity index (χ4v) is 5.05. The summed E-state index contributed by atoms with van der Waals surface area (Å²) in [6.45, 7) is 2.77. The number of halogens is 1. The quantitative estimate of drug-likeness (QED) is 0.792. The van der Waals surface area contributed by atoms with Crippen LogP contribution in [0.5, 0.6) is 0 Å². The number of carbonyl (C=O) groups is 2. The first-order valence-corrected chi connectivity index (χ1v) is 11.5. The second-order valence-corrected chi connectivity index (χ2v) is 9.18. The average Bonchev–Trinajstić information content (AvgIpc) is 3.13. The predicted molar refractivity (Wildman–Crippen MR) is 117 cm³/mol. The maximum atomic E-state index is 12.9. The van der Waals surface area contributed by atoms with Gasteiger partial charge in [0.1, 0.15) is 22.3 Å². The number of rotatable bonds is 3. The van der Waals surface area contributed by atoms with E-state index < -0.39 is 5.60 Å². The Labute approximate surface area is 186 Å². The van der Waals surface area contributed by atoms with E-state index in [9.17, 15) is 14.7 Å². The number of nitrogens with zero attached hydrogens (tertiary/aromatic N) is 4. The standard InChI is InChI=1S/C23H27ClN4O3/c24-20-19(25-18-4-1-2-11-28(18)20)16-5-7-17(8-6-16)21(29)26-12-14-27(15-13-26)22(30)23(31)9-3-10-23/h5-8,31H,1-4,9-15H2. The van der Waals surface area contributed by atoms with Gasteiger partial charge in [-0.1, -0.05) is 23.7 Å². The van der Waals surface area contributed by atoms with Crippen molar-refractivity contribution in [1.82, 2.24) is 19.4 Å². The zero-order valence-electron chi connectivity index (χ0n) is 17.5. The van der Waals surface area contributed by atoms with Crippen molar-refractivity contribution in [2.24, 2.45) is 0 Å². The molecule has 3 heterocycles. The maximum absolute atomic E-state index is 12.9. The van der Waals surface area contributed by atoms with Gasteiger partial charge in [-0.3, -0.25) is 9.59 Å². The zero-order chi connectivity index (χ0) is 21.6. The van der Waals surface area contributed by atoms with Crippen LogP contribution in [0.15, 0.2) is 24.3 Å². The Bertz CT molecular complexity index is 1000. The van der Waals surface area contributed by atoms with Gasteiger partial charge in [-0.15, -0.1) is 0 Å². The number of piperazine rings is 1. The summed E-state index contributed by atoms with van der Waals surface area (Å²) in [4.78, 5) is 33.6. The first-order chi connectivity index (χ1) is 15.0. The van der Waals surface area contributed by atoms with Gasteiger partial charge in [0.2, 0.25) is 0 Å². The van der Waals surface area contributed by atoms with Gasteiger partial charge >= 0.3 is 0 Å². The van der Waals surface area contributed by atoms with E-state index in [0.717, 1.165) is 49.3 Å². The molecule has 3 aliphatic rings. The molecule has 0 radical (unpaired) electrons. The summed E-state index contributed by atoms with van der Waals surface area (Å²) in [6, 6.07) is 7.45. The molecule has 1 saturated carbocycles. The minimum atomic E-state index is -1.17. The molecule has 7 nitrogen and oxygen atoms in total. The van der Waals surface area contributed by atoms with Crippen molar-refractivity contribution in [3.8, 4) is 11.3 Å². The Morgan fingerprint density at radius 3 is 2.23 bits per heavy atom. The predicted octanol–water partition coefficient (Wildman–Crippen LogP) is 2.74. The second-order valence-electron chi connectivity index (χ2n) is 8.82. The third kappa shape index (κ3) is 3.64. The molecule has 0 spiro atoms. The van der Waals surface area contributed by atoms with Gasteiger partial charge in [0, 0.05) is 50.3 Å². The molecule has 1 N–H and O–H groups in total. The van der Waals surface area contributed by atoms with E-state index >= 15 is 0 Å². The monoisotopic (exact) mass is 442 g/mol. The van der Waals surface area contributed by atoms with E-state index in [-0.39, 0.29) is 11.8 Å². The fourth-order valence-electron chi connectivity index (χ4n) is 4.72. The molecule has 2 fully saturated rings. The van der Waals surface area contributed by atoms with Crippen LogP contribution in [-0.4, -0.2) is 68.1 Å². The molecule has 1 aliphatic carbocycles. The van der Waals surface area contributed by atoms with E-state index in [1.54, 1.807) is 9.80 Å². The number of amides is 2. The molecule has 1 aromatic carbocycles. The first kappa shape index (κ1) is 20.5. The van der Waals surface area contributed by atoms with Gasteiger partial charge in [-0.25, -0.2) is 4.98 Å². The van der Waals surface area contributed by atoms with Gasteiger partial charge in [-0.2, -0.15) is 0 Å². The number of aliphatic hydroxyl groups is 1. The minimum Gasteiger partial charge on any atom is -0.380 e. The molecule has 8 heteroatoms. The molecule has 5 rings (SSSR count).